The Kier molecular flexibility index (Phi) is 6.03. The Morgan fingerprint density at radius 2 is 1.55 bits per heavy atom. The molecule has 0 spiro atoms. The number of rotatable bonds is 5. The highest BCUT2D eigenvalue weighted by Gasteiger charge is 2.47. The summed E-state index contributed by atoms with van der Waals surface area (Å²) in [4.78, 5) is 15.5. The fourth-order valence-corrected chi connectivity index (χ4v) is 5.18. The van der Waals surface area contributed by atoms with Crippen molar-refractivity contribution in [3.8, 4) is 11.5 Å². The summed E-state index contributed by atoms with van der Waals surface area (Å²) in [5.41, 5.74) is 3.70. The summed E-state index contributed by atoms with van der Waals surface area (Å²) in [6.45, 7) is 6.57. The maximum Gasteiger partial charge on any atom is 0.251 e. The quantitative estimate of drug-likeness (QED) is 0.440. The molecule has 1 aliphatic heterocycles. The highest BCUT2D eigenvalue weighted by atomic mass is 16.5. The molecule has 4 nitrogen and oxygen atoms in total. The van der Waals surface area contributed by atoms with Gasteiger partial charge in [-0.05, 0) is 61.2 Å². The summed E-state index contributed by atoms with van der Waals surface area (Å²) < 4.78 is 10.7. The highest BCUT2D eigenvalue weighted by Crippen LogP contribution is 2.50. The van der Waals surface area contributed by atoms with Crippen LogP contribution in [0.25, 0.3) is 6.08 Å². The summed E-state index contributed by atoms with van der Waals surface area (Å²) in [5, 5.41) is 0. The van der Waals surface area contributed by atoms with Crippen LogP contribution < -0.4 is 14.4 Å². The van der Waals surface area contributed by atoms with Crippen LogP contribution in [0.1, 0.15) is 43.9 Å². The fraction of sp³-hybridized carbons (Fsp3) is 0.276. The van der Waals surface area contributed by atoms with E-state index in [2.05, 4.69) is 63.2 Å². The number of methoxy groups -OCH3 is 2. The summed E-state index contributed by atoms with van der Waals surface area (Å²) in [5.74, 6) is 1.25. The lowest BCUT2D eigenvalue weighted by molar-refractivity contribution is -0.115. The van der Waals surface area contributed by atoms with Crippen molar-refractivity contribution in [2.45, 2.75) is 38.1 Å². The first-order chi connectivity index (χ1) is 15.8. The number of nitrogens with zero attached hydrogens (tertiary/aromatic N) is 1. The van der Waals surface area contributed by atoms with Gasteiger partial charge in [0.05, 0.1) is 14.2 Å². The molecule has 4 rings (SSSR count). The fourth-order valence-electron chi connectivity index (χ4n) is 5.18. The standard InChI is InChI=1S/C29H31NO3/c1-28(2)20-29(3,22-11-7-6-8-12-22)23-13-9-10-14-24(23)30(28)27(31)18-16-21-15-17-25(32-4)26(19-21)33-5/h6-19H,20H2,1-5H3/b18-16+/t29-/m0/s1. The van der Waals surface area contributed by atoms with Gasteiger partial charge in [0.15, 0.2) is 11.5 Å². The SMILES string of the molecule is COc1ccc(/C=C/C(=O)N2c3ccccc3[C@](C)(c3ccccc3)CC2(C)C)cc1OC. The van der Waals surface area contributed by atoms with Crippen molar-refractivity contribution in [2.75, 3.05) is 19.1 Å². The van der Waals surface area contributed by atoms with Crippen LogP contribution in [0.2, 0.25) is 0 Å². The average molecular weight is 442 g/mol. The van der Waals surface area contributed by atoms with Gasteiger partial charge in [0.25, 0.3) is 5.91 Å². The van der Waals surface area contributed by atoms with Crippen LogP contribution in [0.4, 0.5) is 5.69 Å². The van der Waals surface area contributed by atoms with Gasteiger partial charge in [-0.15, -0.1) is 0 Å². The normalized spacial score (nSPS) is 19.2. The van der Waals surface area contributed by atoms with Crippen LogP contribution in [0.3, 0.4) is 0 Å². The molecule has 0 radical (unpaired) electrons. The van der Waals surface area contributed by atoms with Gasteiger partial charge in [0.1, 0.15) is 0 Å². The van der Waals surface area contributed by atoms with Gasteiger partial charge in [0, 0.05) is 22.7 Å². The lowest BCUT2D eigenvalue weighted by Gasteiger charge is -2.51. The molecular formula is C29H31NO3. The maximum atomic E-state index is 13.6. The highest BCUT2D eigenvalue weighted by molar-refractivity contribution is 6.06. The summed E-state index contributed by atoms with van der Waals surface area (Å²) in [6, 6.07) is 24.5. The molecule has 0 N–H and O–H groups in total. The number of hydrogen-bond donors (Lipinski definition) is 0. The molecule has 0 unspecified atom stereocenters. The number of benzene rings is 3. The number of carbonyl (C=O) groups excluding carboxylic acids is 1. The van der Waals surface area contributed by atoms with E-state index in [1.54, 1.807) is 20.3 Å². The number of hydrogen-bond acceptors (Lipinski definition) is 3. The summed E-state index contributed by atoms with van der Waals surface area (Å²) in [6.07, 6.45) is 4.29. The second-order valence-electron chi connectivity index (χ2n) is 9.33. The van der Waals surface area contributed by atoms with Gasteiger partial charge in [-0.2, -0.15) is 0 Å². The molecule has 1 amide bonds. The zero-order valence-corrected chi connectivity index (χ0v) is 20.0. The number of amides is 1. The van der Waals surface area contributed by atoms with Crippen molar-refractivity contribution >= 4 is 17.7 Å². The van der Waals surface area contributed by atoms with Crippen molar-refractivity contribution in [1.29, 1.82) is 0 Å². The number of para-hydroxylation sites is 1. The van der Waals surface area contributed by atoms with E-state index in [4.69, 9.17) is 9.47 Å². The van der Waals surface area contributed by atoms with Crippen LogP contribution in [-0.2, 0) is 10.2 Å². The Balaban J connectivity index is 1.72. The van der Waals surface area contributed by atoms with E-state index in [1.807, 2.05) is 41.3 Å². The lowest BCUT2D eigenvalue weighted by atomic mass is 9.65. The van der Waals surface area contributed by atoms with Crippen LogP contribution in [0.15, 0.2) is 78.9 Å². The third-order valence-corrected chi connectivity index (χ3v) is 6.59. The predicted molar refractivity (Wildman–Crippen MR) is 134 cm³/mol. The van der Waals surface area contributed by atoms with Crippen LogP contribution >= 0.6 is 0 Å². The molecule has 33 heavy (non-hydrogen) atoms. The van der Waals surface area contributed by atoms with E-state index in [9.17, 15) is 4.79 Å². The number of ether oxygens (including phenoxy) is 2. The molecule has 4 heteroatoms. The second-order valence-corrected chi connectivity index (χ2v) is 9.33. The van der Waals surface area contributed by atoms with Crippen molar-refractivity contribution in [3.05, 3.63) is 95.6 Å². The monoisotopic (exact) mass is 441 g/mol. The first-order valence-corrected chi connectivity index (χ1v) is 11.2. The summed E-state index contributed by atoms with van der Waals surface area (Å²) in [7, 11) is 3.21. The number of carbonyl (C=O) groups is 1. The van der Waals surface area contributed by atoms with Crippen LogP contribution in [0, 0.1) is 0 Å². The minimum atomic E-state index is -0.377. The van der Waals surface area contributed by atoms with Gasteiger partial charge in [0.2, 0.25) is 0 Å². The number of fused-ring (bicyclic) bond motifs is 1. The Bertz CT molecular complexity index is 1180. The zero-order valence-electron chi connectivity index (χ0n) is 20.0. The topological polar surface area (TPSA) is 38.8 Å². The first-order valence-electron chi connectivity index (χ1n) is 11.2. The Morgan fingerprint density at radius 1 is 0.879 bits per heavy atom. The third kappa shape index (κ3) is 4.13. The minimum Gasteiger partial charge on any atom is -0.493 e. The molecule has 3 aromatic carbocycles. The second kappa shape index (κ2) is 8.78. The van der Waals surface area contributed by atoms with Gasteiger partial charge < -0.3 is 14.4 Å². The van der Waals surface area contributed by atoms with Gasteiger partial charge in [-0.25, -0.2) is 0 Å². The lowest BCUT2D eigenvalue weighted by Crippen LogP contribution is -2.55. The number of anilines is 1. The van der Waals surface area contributed by atoms with Gasteiger partial charge in [-0.3, -0.25) is 4.79 Å². The molecule has 1 aliphatic rings. The average Bonchev–Trinajstić information content (AvgIpc) is 2.82. The van der Waals surface area contributed by atoms with Crippen molar-refractivity contribution in [2.24, 2.45) is 0 Å². The maximum absolute atomic E-state index is 13.6. The predicted octanol–water partition coefficient (Wildman–Crippen LogP) is 6.24. The van der Waals surface area contributed by atoms with Crippen LogP contribution in [-0.4, -0.2) is 25.7 Å². The Hall–Kier alpha value is -3.53. The molecule has 170 valence electrons. The molecule has 0 aromatic heterocycles. The van der Waals surface area contributed by atoms with Gasteiger partial charge in [-0.1, -0.05) is 61.5 Å². The molecule has 3 aromatic rings. The van der Waals surface area contributed by atoms with E-state index in [0.717, 1.165) is 17.7 Å². The van der Waals surface area contributed by atoms with Crippen LogP contribution in [0.5, 0.6) is 11.5 Å². The minimum absolute atomic E-state index is 0.0441. The molecule has 0 bridgehead atoms. The Morgan fingerprint density at radius 3 is 2.24 bits per heavy atom. The van der Waals surface area contributed by atoms with Crippen molar-refractivity contribution < 1.29 is 14.3 Å². The molecule has 1 atom stereocenters. The third-order valence-electron chi connectivity index (χ3n) is 6.59. The molecule has 0 fully saturated rings. The molecule has 1 heterocycles. The largest absolute Gasteiger partial charge is 0.493 e. The van der Waals surface area contributed by atoms with Gasteiger partial charge >= 0.3 is 0 Å². The zero-order chi connectivity index (χ0) is 23.6. The molecule has 0 saturated carbocycles. The smallest absolute Gasteiger partial charge is 0.251 e. The van der Waals surface area contributed by atoms with E-state index in [1.165, 1.54) is 11.1 Å². The first kappa shape index (κ1) is 22.7. The molecule has 0 aliphatic carbocycles. The van der Waals surface area contributed by atoms with Crippen molar-refractivity contribution in [3.63, 3.8) is 0 Å². The summed E-state index contributed by atoms with van der Waals surface area (Å²) >= 11 is 0. The van der Waals surface area contributed by atoms with E-state index in [-0.39, 0.29) is 16.9 Å². The van der Waals surface area contributed by atoms with E-state index in [0.29, 0.717) is 11.5 Å². The van der Waals surface area contributed by atoms with E-state index >= 15 is 0 Å². The molecule has 0 saturated heterocycles. The van der Waals surface area contributed by atoms with Crippen molar-refractivity contribution in [1.82, 2.24) is 0 Å². The molecular weight excluding hydrogens is 410 g/mol. The van der Waals surface area contributed by atoms with E-state index < -0.39 is 0 Å². The Labute approximate surface area is 196 Å².